The van der Waals surface area contributed by atoms with E-state index in [-0.39, 0.29) is 11.8 Å². The highest BCUT2D eigenvalue weighted by Gasteiger charge is 2.22. The van der Waals surface area contributed by atoms with Crippen molar-refractivity contribution in [1.82, 2.24) is 5.32 Å². The van der Waals surface area contributed by atoms with E-state index in [1.165, 1.54) is 16.9 Å². The molecule has 0 aliphatic heterocycles. The molecule has 0 radical (unpaired) electrons. The minimum absolute atomic E-state index is 0.0938. The molecular weight excluding hydrogens is 302 g/mol. The van der Waals surface area contributed by atoms with E-state index in [1.807, 2.05) is 31.2 Å². The maximum absolute atomic E-state index is 12.5. The molecule has 5 heteroatoms. The predicted molar refractivity (Wildman–Crippen MR) is 88.6 cm³/mol. The van der Waals surface area contributed by atoms with Gasteiger partial charge in [0.25, 0.3) is 0 Å². The van der Waals surface area contributed by atoms with Gasteiger partial charge in [-0.1, -0.05) is 42.8 Å². The largest absolute Gasteiger partial charge is 0.309 e. The maximum Gasteiger partial charge on any atom is 0.189 e. The molecule has 1 aromatic carbocycles. The summed E-state index contributed by atoms with van der Waals surface area (Å²) < 4.78 is 25.4. The van der Waals surface area contributed by atoms with Crippen molar-refractivity contribution in [2.75, 3.05) is 12.3 Å². The number of sulfone groups is 1. The summed E-state index contributed by atoms with van der Waals surface area (Å²) in [6, 6.07) is 11.3. The molecular formula is C16H21NO2S2. The first-order valence-electron chi connectivity index (χ1n) is 7.09. The van der Waals surface area contributed by atoms with Crippen LogP contribution in [0.1, 0.15) is 30.5 Å². The Labute approximate surface area is 130 Å². The smallest absolute Gasteiger partial charge is 0.189 e. The fraction of sp³-hybridized carbons (Fsp3) is 0.375. The van der Waals surface area contributed by atoms with Gasteiger partial charge in [-0.2, -0.15) is 0 Å². The zero-order valence-electron chi connectivity index (χ0n) is 12.4. The molecule has 1 atom stereocenters. The molecule has 1 aromatic heterocycles. The minimum atomic E-state index is -3.25. The van der Waals surface area contributed by atoms with Crippen molar-refractivity contribution in [2.45, 2.75) is 30.5 Å². The van der Waals surface area contributed by atoms with E-state index in [0.29, 0.717) is 4.21 Å². The van der Waals surface area contributed by atoms with Crippen molar-refractivity contribution in [1.29, 1.82) is 0 Å². The molecule has 2 aromatic rings. The molecule has 1 heterocycles. The van der Waals surface area contributed by atoms with E-state index < -0.39 is 9.84 Å². The third-order valence-corrected chi connectivity index (χ3v) is 6.54. The summed E-state index contributed by atoms with van der Waals surface area (Å²) in [5.74, 6) is 0.0938. The normalized spacial score (nSPS) is 13.2. The van der Waals surface area contributed by atoms with Crippen molar-refractivity contribution >= 4 is 21.2 Å². The number of hydrogen-bond donors (Lipinski definition) is 1. The van der Waals surface area contributed by atoms with Crippen LogP contribution in [0, 0.1) is 6.92 Å². The van der Waals surface area contributed by atoms with Crippen molar-refractivity contribution < 1.29 is 8.42 Å². The van der Waals surface area contributed by atoms with Gasteiger partial charge in [0.2, 0.25) is 0 Å². The van der Waals surface area contributed by atoms with Gasteiger partial charge in [0.05, 0.1) is 5.75 Å². The van der Waals surface area contributed by atoms with E-state index in [0.717, 1.165) is 18.5 Å². The fourth-order valence-corrected chi connectivity index (χ4v) is 4.74. The summed E-state index contributed by atoms with van der Waals surface area (Å²) >= 11 is 1.28. The fourth-order valence-electron chi connectivity index (χ4n) is 2.13. The highest BCUT2D eigenvalue weighted by molar-refractivity contribution is 7.93. The topological polar surface area (TPSA) is 46.2 Å². The van der Waals surface area contributed by atoms with Crippen LogP contribution < -0.4 is 5.32 Å². The van der Waals surface area contributed by atoms with Crippen LogP contribution in [-0.2, 0) is 9.84 Å². The molecule has 0 aliphatic carbocycles. The Hall–Kier alpha value is -1.17. The molecule has 0 saturated carbocycles. The number of rotatable bonds is 7. The molecule has 2 rings (SSSR count). The average molecular weight is 323 g/mol. The second-order valence-electron chi connectivity index (χ2n) is 5.13. The van der Waals surface area contributed by atoms with Crippen LogP contribution in [0.25, 0.3) is 0 Å². The van der Waals surface area contributed by atoms with Gasteiger partial charge >= 0.3 is 0 Å². The van der Waals surface area contributed by atoms with E-state index in [2.05, 4.69) is 12.2 Å². The first kappa shape index (κ1) is 16.2. The predicted octanol–water partition coefficient (Wildman–Crippen LogP) is 3.57. The lowest BCUT2D eigenvalue weighted by molar-refractivity contribution is 0.547. The Morgan fingerprint density at radius 1 is 1.19 bits per heavy atom. The Kier molecular flexibility index (Phi) is 5.56. The van der Waals surface area contributed by atoms with Crippen molar-refractivity contribution in [3.05, 3.63) is 52.9 Å². The van der Waals surface area contributed by atoms with Crippen LogP contribution in [0.5, 0.6) is 0 Å². The number of aryl methyl sites for hydroxylation is 1. The van der Waals surface area contributed by atoms with E-state index in [9.17, 15) is 8.42 Å². The summed E-state index contributed by atoms with van der Waals surface area (Å²) in [4.78, 5) is 0. The second-order valence-corrected chi connectivity index (χ2v) is 8.34. The van der Waals surface area contributed by atoms with Crippen molar-refractivity contribution in [2.24, 2.45) is 0 Å². The van der Waals surface area contributed by atoms with Gasteiger partial charge in [-0.05, 0) is 36.9 Å². The van der Waals surface area contributed by atoms with Crippen LogP contribution in [-0.4, -0.2) is 20.7 Å². The molecule has 114 valence electrons. The molecule has 0 saturated heterocycles. The van der Waals surface area contributed by atoms with Gasteiger partial charge in [0, 0.05) is 6.04 Å². The Morgan fingerprint density at radius 2 is 1.90 bits per heavy atom. The molecule has 21 heavy (non-hydrogen) atoms. The highest BCUT2D eigenvalue weighted by atomic mass is 32.2. The molecule has 3 nitrogen and oxygen atoms in total. The molecule has 0 spiro atoms. The summed E-state index contributed by atoms with van der Waals surface area (Å²) in [7, 11) is -3.25. The van der Waals surface area contributed by atoms with Crippen molar-refractivity contribution in [3.63, 3.8) is 0 Å². The van der Waals surface area contributed by atoms with Gasteiger partial charge in [-0.15, -0.1) is 11.3 Å². The van der Waals surface area contributed by atoms with Gasteiger partial charge in [0.15, 0.2) is 9.84 Å². The molecule has 1 N–H and O–H groups in total. The first-order valence-corrected chi connectivity index (χ1v) is 9.62. The van der Waals surface area contributed by atoms with E-state index in [4.69, 9.17) is 0 Å². The quantitative estimate of drug-likeness (QED) is 0.847. The van der Waals surface area contributed by atoms with E-state index in [1.54, 1.807) is 17.5 Å². The highest BCUT2D eigenvalue weighted by Crippen LogP contribution is 2.23. The van der Waals surface area contributed by atoms with Crippen LogP contribution in [0.3, 0.4) is 0 Å². The summed E-state index contributed by atoms with van der Waals surface area (Å²) in [6.45, 7) is 4.91. The van der Waals surface area contributed by atoms with Gasteiger partial charge in [-0.3, -0.25) is 0 Å². The molecule has 0 amide bonds. The minimum Gasteiger partial charge on any atom is -0.309 e. The third kappa shape index (κ3) is 4.40. The Morgan fingerprint density at radius 3 is 2.48 bits per heavy atom. The lowest BCUT2D eigenvalue weighted by atomic mass is 10.1. The number of hydrogen-bond acceptors (Lipinski definition) is 4. The van der Waals surface area contributed by atoms with Gasteiger partial charge in [0.1, 0.15) is 4.21 Å². The molecule has 0 fully saturated rings. The van der Waals surface area contributed by atoms with Gasteiger partial charge < -0.3 is 5.32 Å². The number of nitrogens with one attached hydrogen (secondary N) is 1. The Balaban J connectivity index is 2.22. The molecule has 0 aliphatic rings. The maximum atomic E-state index is 12.5. The third-order valence-electron chi connectivity index (χ3n) is 3.31. The SMILES string of the molecule is CCCNC(CS(=O)(=O)c1cccs1)c1ccc(C)cc1. The van der Waals surface area contributed by atoms with Crippen LogP contribution >= 0.6 is 11.3 Å². The average Bonchev–Trinajstić information content (AvgIpc) is 2.99. The Bertz CT molecular complexity index is 646. The molecule has 0 bridgehead atoms. The number of thiophene rings is 1. The van der Waals surface area contributed by atoms with Crippen molar-refractivity contribution in [3.8, 4) is 0 Å². The summed E-state index contributed by atoms with van der Waals surface area (Å²) in [6.07, 6.45) is 0.974. The van der Waals surface area contributed by atoms with Crippen LogP contribution in [0.15, 0.2) is 46.0 Å². The lowest BCUT2D eigenvalue weighted by Crippen LogP contribution is -2.28. The zero-order valence-corrected chi connectivity index (χ0v) is 14.0. The monoisotopic (exact) mass is 323 g/mol. The summed E-state index contributed by atoms with van der Waals surface area (Å²) in [5.41, 5.74) is 2.20. The van der Waals surface area contributed by atoms with E-state index >= 15 is 0 Å². The number of benzene rings is 1. The van der Waals surface area contributed by atoms with Gasteiger partial charge in [-0.25, -0.2) is 8.42 Å². The second kappa shape index (κ2) is 7.20. The summed E-state index contributed by atoms with van der Waals surface area (Å²) in [5, 5.41) is 5.15. The lowest BCUT2D eigenvalue weighted by Gasteiger charge is -2.19. The molecule has 1 unspecified atom stereocenters. The zero-order chi connectivity index (χ0) is 15.3. The van der Waals surface area contributed by atoms with Crippen LogP contribution in [0.4, 0.5) is 0 Å². The van der Waals surface area contributed by atoms with Crippen LogP contribution in [0.2, 0.25) is 0 Å². The first-order chi connectivity index (χ1) is 10.0. The standard InChI is InChI=1S/C16H21NO2S2/c1-3-10-17-15(14-8-6-13(2)7-9-14)12-21(18,19)16-5-4-11-20-16/h4-9,11,15,17H,3,10,12H2,1-2H3.